The second-order valence-electron chi connectivity index (χ2n) is 10.3. The lowest BCUT2D eigenvalue weighted by Crippen LogP contribution is -2.37. The van der Waals surface area contributed by atoms with Crippen LogP contribution in [0.25, 0.3) is 10.9 Å². The first-order chi connectivity index (χ1) is 19.2. The number of pyridine rings is 1. The van der Waals surface area contributed by atoms with E-state index in [9.17, 15) is 9.59 Å². The number of halogens is 1. The Morgan fingerprint density at radius 2 is 1.93 bits per heavy atom. The molecule has 10 nitrogen and oxygen atoms in total. The lowest BCUT2D eigenvalue weighted by Gasteiger charge is -2.33. The molecule has 0 saturated carbocycles. The number of hydrogen-bond acceptors (Lipinski definition) is 8. The van der Waals surface area contributed by atoms with Gasteiger partial charge in [-0.2, -0.15) is 5.10 Å². The van der Waals surface area contributed by atoms with Crippen molar-refractivity contribution >= 4 is 52.0 Å². The topological polar surface area (TPSA) is 110 Å². The Labute approximate surface area is 242 Å². The molecule has 2 N–H and O–H groups in total. The Kier molecular flexibility index (Phi) is 8.04. The fourth-order valence-corrected chi connectivity index (χ4v) is 5.82. The largest absolute Gasteiger partial charge is 0.377 e. The first-order valence-electron chi connectivity index (χ1n) is 13.2. The van der Waals surface area contributed by atoms with E-state index in [2.05, 4.69) is 31.2 Å². The van der Waals surface area contributed by atoms with Crippen molar-refractivity contribution < 1.29 is 4.79 Å². The predicted octanol–water partition coefficient (Wildman–Crippen LogP) is 4.59. The van der Waals surface area contributed by atoms with E-state index in [-0.39, 0.29) is 28.4 Å². The molecule has 210 valence electrons. The van der Waals surface area contributed by atoms with Crippen LogP contribution in [-0.2, 0) is 14.1 Å². The zero-order valence-corrected chi connectivity index (χ0v) is 24.8. The number of fused-ring (bicyclic) bond motifs is 1. The summed E-state index contributed by atoms with van der Waals surface area (Å²) in [7, 11) is 3.73. The number of nitrogens with one attached hydrogen (secondary N) is 2. The molecule has 1 saturated heterocycles. The van der Waals surface area contributed by atoms with E-state index in [1.165, 1.54) is 17.5 Å². The molecular formula is C28H33ClN8O2S. The third kappa shape index (κ3) is 5.53. The number of carbonyl (C=O) groups excluding carboxylic acids is 1. The summed E-state index contributed by atoms with van der Waals surface area (Å²) in [5.41, 5.74) is 4.38. The molecule has 40 heavy (non-hydrogen) atoms. The summed E-state index contributed by atoms with van der Waals surface area (Å²) < 4.78 is 6.20. The number of hydrogen-bond donors (Lipinski definition) is 2. The van der Waals surface area contributed by atoms with E-state index in [0.29, 0.717) is 28.5 Å². The lowest BCUT2D eigenvalue weighted by molar-refractivity contribution is 0.0980. The van der Waals surface area contributed by atoms with Gasteiger partial charge < -0.3 is 10.2 Å². The molecule has 1 amide bonds. The highest BCUT2D eigenvalue weighted by Gasteiger charge is 2.26. The zero-order valence-electron chi connectivity index (χ0n) is 23.2. The predicted molar refractivity (Wildman–Crippen MR) is 161 cm³/mol. The van der Waals surface area contributed by atoms with Crippen molar-refractivity contribution in [3.05, 3.63) is 74.6 Å². The van der Waals surface area contributed by atoms with Gasteiger partial charge >= 0.3 is 0 Å². The maximum absolute atomic E-state index is 13.6. The van der Waals surface area contributed by atoms with Gasteiger partial charge in [0.2, 0.25) is 5.95 Å². The van der Waals surface area contributed by atoms with Crippen LogP contribution in [0.3, 0.4) is 0 Å². The van der Waals surface area contributed by atoms with Crippen LogP contribution in [0.2, 0.25) is 5.15 Å². The lowest BCUT2D eigenvalue weighted by atomic mass is 9.92. The van der Waals surface area contributed by atoms with E-state index >= 15 is 0 Å². The van der Waals surface area contributed by atoms with Gasteiger partial charge in [-0.15, -0.1) is 0 Å². The molecule has 1 aromatic carbocycles. The van der Waals surface area contributed by atoms with E-state index in [1.54, 1.807) is 30.0 Å². The normalized spacial score (nSPS) is 14.9. The van der Waals surface area contributed by atoms with Crippen molar-refractivity contribution in [3.8, 4) is 0 Å². The maximum atomic E-state index is 13.6. The highest BCUT2D eigenvalue weighted by Crippen LogP contribution is 2.32. The van der Waals surface area contributed by atoms with Gasteiger partial charge in [0.15, 0.2) is 5.69 Å². The zero-order chi connectivity index (χ0) is 28.6. The molecular weight excluding hydrogens is 548 g/mol. The van der Waals surface area contributed by atoms with Crippen molar-refractivity contribution in [3.63, 3.8) is 0 Å². The second-order valence-corrected chi connectivity index (χ2v) is 11.3. The van der Waals surface area contributed by atoms with Crippen molar-refractivity contribution in [2.75, 3.05) is 29.6 Å². The van der Waals surface area contributed by atoms with E-state index < -0.39 is 0 Å². The molecule has 0 radical (unpaired) electrons. The molecule has 0 aliphatic carbocycles. The summed E-state index contributed by atoms with van der Waals surface area (Å²) in [5, 5.41) is 8.53. The van der Waals surface area contributed by atoms with Gasteiger partial charge in [-0.05, 0) is 61.9 Å². The summed E-state index contributed by atoms with van der Waals surface area (Å²) in [6.07, 6.45) is 7.72. The standard InChI is InChI=1S/C28H33ClN8O2S/c1-16-12-20(17(2)31-22-6-7-23(29)32-25(22)26(38)34-40-5)24-21(13-16)27(39)36(4)28(33-24)37-10-8-18(9-11-37)19-14-30-35(3)15-19/h6-7,12-15,17-18,31H,8-11H2,1-5H3,(H,34,38). The van der Waals surface area contributed by atoms with Crippen molar-refractivity contribution in [1.29, 1.82) is 0 Å². The third-order valence-electron chi connectivity index (χ3n) is 7.41. The average Bonchev–Trinajstić information content (AvgIpc) is 3.38. The molecule has 1 unspecified atom stereocenters. The molecule has 1 fully saturated rings. The second kappa shape index (κ2) is 11.5. The van der Waals surface area contributed by atoms with Gasteiger partial charge in [0, 0.05) is 45.2 Å². The smallest absolute Gasteiger partial charge is 0.281 e. The van der Waals surface area contributed by atoms with Crippen LogP contribution in [-0.4, -0.2) is 49.6 Å². The molecule has 0 spiro atoms. The van der Waals surface area contributed by atoms with Gasteiger partial charge in [-0.25, -0.2) is 9.97 Å². The minimum absolute atomic E-state index is 0.0836. The Bertz CT molecular complexity index is 1630. The number of nitrogens with zero attached hydrogens (tertiary/aromatic N) is 6. The maximum Gasteiger partial charge on any atom is 0.281 e. The Hall–Kier alpha value is -3.57. The van der Waals surface area contributed by atoms with Crippen LogP contribution in [0, 0.1) is 6.92 Å². The third-order valence-corrected chi connectivity index (χ3v) is 8.01. The molecule has 4 aromatic rings. The number of benzene rings is 1. The number of anilines is 2. The number of amides is 1. The van der Waals surface area contributed by atoms with E-state index in [0.717, 1.165) is 37.1 Å². The van der Waals surface area contributed by atoms with Gasteiger partial charge in [-0.3, -0.25) is 23.6 Å². The molecule has 1 aliphatic rings. The Balaban J connectivity index is 1.49. The molecule has 0 bridgehead atoms. The number of rotatable bonds is 7. The first-order valence-corrected chi connectivity index (χ1v) is 14.8. The highest BCUT2D eigenvalue weighted by molar-refractivity contribution is 7.97. The minimum atomic E-state index is -0.345. The number of piperidine rings is 1. The Morgan fingerprint density at radius 3 is 2.60 bits per heavy atom. The minimum Gasteiger partial charge on any atom is -0.377 e. The van der Waals surface area contributed by atoms with Crippen LogP contribution in [0.1, 0.15) is 58.9 Å². The summed E-state index contributed by atoms with van der Waals surface area (Å²) in [6, 6.07) is 7.02. The highest BCUT2D eigenvalue weighted by atomic mass is 35.5. The van der Waals surface area contributed by atoms with E-state index in [1.807, 2.05) is 43.9 Å². The van der Waals surface area contributed by atoms with E-state index in [4.69, 9.17) is 16.6 Å². The van der Waals surface area contributed by atoms with Crippen molar-refractivity contribution in [2.45, 2.75) is 38.6 Å². The van der Waals surface area contributed by atoms with Crippen LogP contribution < -0.4 is 20.5 Å². The molecule has 3 aromatic heterocycles. The van der Waals surface area contributed by atoms with Gasteiger partial charge in [0.25, 0.3) is 11.5 Å². The molecule has 1 aliphatic heterocycles. The summed E-state index contributed by atoms with van der Waals surface area (Å²) in [5.74, 6) is 0.755. The average molecular weight is 581 g/mol. The van der Waals surface area contributed by atoms with Crippen LogP contribution in [0.5, 0.6) is 0 Å². The molecule has 5 rings (SSSR count). The quantitative estimate of drug-likeness (QED) is 0.241. The number of carbonyl (C=O) groups is 1. The number of aromatic nitrogens is 5. The van der Waals surface area contributed by atoms with Crippen LogP contribution >= 0.6 is 23.5 Å². The fourth-order valence-electron chi connectivity index (χ4n) is 5.39. The fraction of sp³-hybridized carbons (Fsp3) is 0.393. The van der Waals surface area contributed by atoms with Crippen LogP contribution in [0.15, 0.2) is 41.5 Å². The van der Waals surface area contributed by atoms with Gasteiger partial charge in [0.1, 0.15) is 5.15 Å². The van der Waals surface area contributed by atoms with Gasteiger partial charge in [-0.1, -0.05) is 29.6 Å². The van der Waals surface area contributed by atoms with Gasteiger partial charge in [0.05, 0.1) is 28.8 Å². The SMILES string of the molecule is CSNC(=O)c1nc(Cl)ccc1NC(C)c1cc(C)cc2c(=O)n(C)c(N3CCC(c4cnn(C)c4)CC3)nc12. The molecule has 4 heterocycles. The summed E-state index contributed by atoms with van der Waals surface area (Å²) in [4.78, 5) is 37.8. The molecule has 1 atom stereocenters. The number of aryl methyl sites for hydroxylation is 2. The van der Waals surface area contributed by atoms with Crippen LogP contribution in [0.4, 0.5) is 11.6 Å². The monoisotopic (exact) mass is 580 g/mol. The summed E-state index contributed by atoms with van der Waals surface area (Å²) >= 11 is 7.29. The Morgan fingerprint density at radius 1 is 1.18 bits per heavy atom. The van der Waals surface area contributed by atoms with Crippen molar-refractivity contribution in [2.24, 2.45) is 14.1 Å². The summed E-state index contributed by atoms with van der Waals surface area (Å²) in [6.45, 7) is 5.54. The van der Waals surface area contributed by atoms with Crippen molar-refractivity contribution in [1.82, 2.24) is 29.0 Å². The first kappa shape index (κ1) is 28.0. The molecule has 12 heteroatoms.